The summed E-state index contributed by atoms with van der Waals surface area (Å²) in [7, 11) is 0. The number of benzene rings is 1. The molecule has 28 heavy (non-hydrogen) atoms. The lowest BCUT2D eigenvalue weighted by molar-refractivity contribution is 0.140. The van der Waals surface area contributed by atoms with Crippen molar-refractivity contribution < 1.29 is 24.5 Å². The van der Waals surface area contributed by atoms with Crippen molar-refractivity contribution in [3.8, 4) is 17.2 Å². The number of ether oxygens (including phenoxy) is 2. The number of phenolic OH excluding ortho intramolecular Hbond substituents is 1. The molecule has 5 nitrogen and oxygen atoms in total. The maximum absolute atomic E-state index is 11.2. The summed E-state index contributed by atoms with van der Waals surface area (Å²) >= 11 is 0. The highest BCUT2D eigenvalue weighted by molar-refractivity contribution is 5.70. The number of hydrogen-bond donors (Lipinski definition) is 2. The lowest BCUT2D eigenvalue weighted by Gasteiger charge is -2.21. The summed E-state index contributed by atoms with van der Waals surface area (Å²) in [6, 6.07) is 0. The van der Waals surface area contributed by atoms with E-state index < -0.39 is 6.16 Å². The van der Waals surface area contributed by atoms with Crippen LogP contribution in [-0.4, -0.2) is 23.0 Å². The van der Waals surface area contributed by atoms with Crippen LogP contribution in [0.1, 0.15) is 95.8 Å². The van der Waals surface area contributed by atoms with Gasteiger partial charge in [-0.2, -0.15) is 0 Å². The molecule has 0 aliphatic rings. The third-order valence-corrected chi connectivity index (χ3v) is 5.20. The molecule has 0 saturated carbocycles. The molecule has 0 heterocycles. The Bertz CT molecular complexity index is 610. The predicted octanol–water partition coefficient (Wildman–Crippen LogP) is 6.66. The zero-order chi connectivity index (χ0) is 20.9. The van der Waals surface area contributed by atoms with Gasteiger partial charge in [-0.05, 0) is 31.2 Å². The van der Waals surface area contributed by atoms with Crippen molar-refractivity contribution in [2.45, 2.75) is 98.3 Å². The number of carbonyl (C=O) groups is 1. The van der Waals surface area contributed by atoms with E-state index in [0.717, 1.165) is 36.0 Å². The van der Waals surface area contributed by atoms with Crippen LogP contribution in [0, 0.1) is 0 Å². The molecule has 0 amide bonds. The largest absolute Gasteiger partial charge is 0.511 e. The summed E-state index contributed by atoms with van der Waals surface area (Å²) < 4.78 is 10.9. The molecule has 0 radical (unpaired) electrons. The number of phenols is 1. The first-order chi connectivity index (χ1) is 13.5. The van der Waals surface area contributed by atoms with Crippen LogP contribution in [-0.2, 0) is 19.3 Å². The molecule has 0 atom stereocenters. The standard InChI is InChI=1S/C23H38O5/c1-5-9-10-11-12-13-14-15-16-27-21-19(8-4)17(6-2)18(7-3)20(24)22(21)28-23(25)26/h24H,5-16H2,1-4H3,(H,25,26). The monoisotopic (exact) mass is 394 g/mol. The van der Waals surface area contributed by atoms with E-state index in [0.29, 0.717) is 25.2 Å². The van der Waals surface area contributed by atoms with Gasteiger partial charge in [0.05, 0.1) is 6.61 Å². The van der Waals surface area contributed by atoms with Crippen molar-refractivity contribution in [2.24, 2.45) is 0 Å². The van der Waals surface area contributed by atoms with Gasteiger partial charge in [-0.25, -0.2) is 4.79 Å². The second-order valence-corrected chi connectivity index (χ2v) is 7.19. The molecule has 1 aromatic carbocycles. The van der Waals surface area contributed by atoms with Crippen LogP contribution in [0.4, 0.5) is 4.79 Å². The first-order valence-corrected chi connectivity index (χ1v) is 10.9. The quantitative estimate of drug-likeness (QED) is 0.210. The normalized spacial score (nSPS) is 10.9. The van der Waals surface area contributed by atoms with Gasteiger partial charge in [0.1, 0.15) is 0 Å². The Kier molecular flexibility index (Phi) is 11.5. The van der Waals surface area contributed by atoms with Gasteiger partial charge in [-0.1, -0.05) is 72.6 Å². The topological polar surface area (TPSA) is 76.0 Å². The van der Waals surface area contributed by atoms with E-state index >= 15 is 0 Å². The van der Waals surface area contributed by atoms with Gasteiger partial charge < -0.3 is 19.7 Å². The van der Waals surface area contributed by atoms with E-state index in [9.17, 15) is 9.90 Å². The molecule has 1 rings (SSSR count). The lowest BCUT2D eigenvalue weighted by atomic mass is 9.93. The first kappa shape index (κ1) is 24.1. The molecule has 0 aromatic heterocycles. The van der Waals surface area contributed by atoms with Crippen molar-refractivity contribution >= 4 is 6.16 Å². The second-order valence-electron chi connectivity index (χ2n) is 7.19. The van der Waals surface area contributed by atoms with Crippen molar-refractivity contribution in [2.75, 3.05) is 6.61 Å². The van der Waals surface area contributed by atoms with Crippen LogP contribution in [0.5, 0.6) is 17.2 Å². The molecule has 160 valence electrons. The average Bonchev–Trinajstić information content (AvgIpc) is 2.68. The van der Waals surface area contributed by atoms with Crippen LogP contribution < -0.4 is 9.47 Å². The smallest absolute Gasteiger partial charge is 0.504 e. The van der Waals surface area contributed by atoms with Crippen molar-refractivity contribution in [1.29, 1.82) is 0 Å². The van der Waals surface area contributed by atoms with Gasteiger partial charge in [0.2, 0.25) is 5.75 Å². The highest BCUT2D eigenvalue weighted by atomic mass is 16.7. The van der Waals surface area contributed by atoms with Gasteiger partial charge in [-0.3, -0.25) is 0 Å². The van der Waals surface area contributed by atoms with Crippen molar-refractivity contribution in [3.63, 3.8) is 0 Å². The molecule has 0 fully saturated rings. The summed E-state index contributed by atoms with van der Waals surface area (Å²) in [5.74, 6) is 0.224. The fourth-order valence-corrected chi connectivity index (χ4v) is 3.77. The molecular weight excluding hydrogens is 356 g/mol. The molecule has 0 saturated heterocycles. The zero-order valence-corrected chi connectivity index (χ0v) is 18.1. The number of carboxylic acid groups (broad SMARTS) is 1. The Balaban J connectivity index is 2.85. The SMILES string of the molecule is CCCCCCCCCCOc1c(CC)c(CC)c(CC)c(O)c1OC(=O)O. The summed E-state index contributed by atoms with van der Waals surface area (Å²) in [5.41, 5.74) is 2.72. The van der Waals surface area contributed by atoms with E-state index in [2.05, 4.69) is 6.92 Å². The van der Waals surface area contributed by atoms with Gasteiger partial charge in [-0.15, -0.1) is 0 Å². The van der Waals surface area contributed by atoms with E-state index in [4.69, 9.17) is 14.6 Å². The van der Waals surface area contributed by atoms with Crippen LogP contribution in [0.25, 0.3) is 0 Å². The molecular formula is C23H38O5. The third kappa shape index (κ3) is 6.92. The van der Waals surface area contributed by atoms with E-state index in [1.165, 1.54) is 38.5 Å². The van der Waals surface area contributed by atoms with Crippen LogP contribution in [0.15, 0.2) is 0 Å². The number of aromatic hydroxyl groups is 1. The number of hydrogen-bond acceptors (Lipinski definition) is 4. The van der Waals surface area contributed by atoms with E-state index in [1.807, 2.05) is 20.8 Å². The minimum atomic E-state index is -1.44. The maximum Gasteiger partial charge on any atom is 0.511 e. The molecule has 2 N–H and O–H groups in total. The molecule has 0 aliphatic heterocycles. The molecule has 0 bridgehead atoms. The number of rotatable bonds is 14. The number of unbranched alkanes of at least 4 members (excludes halogenated alkanes) is 7. The molecule has 0 unspecified atom stereocenters. The summed E-state index contributed by atoms with van der Waals surface area (Å²) in [6.07, 6.45) is 10.2. The second kappa shape index (κ2) is 13.3. The summed E-state index contributed by atoms with van der Waals surface area (Å²) in [4.78, 5) is 11.2. The predicted molar refractivity (Wildman–Crippen MR) is 113 cm³/mol. The fourth-order valence-electron chi connectivity index (χ4n) is 3.77. The maximum atomic E-state index is 11.2. The molecule has 5 heteroatoms. The Hall–Kier alpha value is -1.91. The molecule has 0 aliphatic carbocycles. The fraction of sp³-hybridized carbons (Fsp3) is 0.696. The Labute approximate surface area is 170 Å². The minimum Gasteiger partial charge on any atom is -0.504 e. The van der Waals surface area contributed by atoms with Gasteiger partial charge in [0, 0.05) is 11.1 Å². The van der Waals surface area contributed by atoms with Crippen molar-refractivity contribution in [1.82, 2.24) is 0 Å². The van der Waals surface area contributed by atoms with Gasteiger partial charge in [0.15, 0.2) is 11.5 Å². The minimum absolute atomic E-state index is 0.0574. The Morgan fingerprint density at radius 3 is 1.79 bits per heavy atom. The van der Waals surface area contributed by atoms with Crippen LogP contribution in [0.2, 0.25) is 0 Å². The Morgan fingerprint density at radius 1 is 0.750 bits per heavy atom. The highest BCUT2D eigenvalue weighted by Crippen LogP contribution is 2.46. The third-order valence-electron chi connectivity index (χ3n) is 5.20. The van der Waals surface area contributed by atoms with Gasteiger partial charge in [0.25, 0.3) is 0 Å². The summed E-state index contributed by atoms with van der Waals surface area (Å²) in [6.45, 7) is 8.70. The molecule has 1 aromatic rings. The Morgan fingerprint density at radius 2 is 1.29 bits per heavy atom. The summed E-state index contributed by atoms with van der Waals surface area (Å²) in [5, 5.41) is 19.7. The van der Waals surface area contributed by atoms with E-state index in [-0.39, 0.29) is 11.5 Å². The molecule has 0 spiro atoms. The van der Waals surface area contributed by atoms with Crippen molar-refractivity contribution in [3.05, 3.63) is 16.7 Å². The highest BCUT2D eigenvalue weighted by Gasteiger charge is 2.25. The zero-order valence-electron chi connectivity index (χ0n) is 18.1. The van der Waals surface area contributed by atoms with Crippen LogP contribution >= 0.6 is 0 Å². The average molecular weight is 395 g/mol. The first-order valence-electron chi connectivity index (χ1n) is 10.9. The lowest BCUT2D eigenvalue weighted by Crippen LogP contribution is -2.11. The van der Waals surface area contributed by atoms with Crippen LogP contribution in [0.3, 0.4) is 0 Å². The van der Waals surface area contributed by atoms with Gasteiger partial charge >= 0.3 is 6.16 Å². The van der Waals surface area contributed by atoms with E-state index in [1.54, 1.807) is 0 Å².